The van der Waals surface area contributed by atoms with Gasteiger partial charge in [0.25, 0.3) is 0 Å². The first kappa shape index (κ1) is 13.3. The predicted molar refractivity (Wildman–Crippen MR) is 81.3 cm³/mol. The van der Waals surface area contributed by atoms with Gasteiger partial charge in [0.2, 0.25) is 0 Å². The maximum Gasteiger partial charge on any atom is 0.0446 e. The lowest BCUT2D eigenvalue weighted by Gasteiger charge is -2.37. The largest absolute Gasteiger partial charge is 0.396 e. The molecule has 1 unspecified atom stereocenters. The molecule has 0 saturated carbocycles. The predicted octanol–water partition coefficient (Wildman–Crippen LogP) is 3.00. The van der Waals surface area contributed by atoms with Gasteiger partial charge in [0.05, 0.1) is 0 Å². The average Bonchev–Trinajstić information content (AvgIpc) is 2.49. The number of aliphatic hydroxyl groups excluding tert-OH is 1. The highest BCUT2D eigenvalue weighted by Gasteiger charge is 2.25. The smallest absolute Gasteiger partial charge is 0.0446 e. The Hall–Kier alpha value is -1.64. The summed E-state index contributed by atoms with van der Waals surface area (Å²) in [6.07, 6.45) is 1.89. The van der Waals surface area contributed by atoms with E-state index in [2.05, 4.69) is 59.5 Å². The third-order valence-corrected chi connectivity index (χ3v) is 4.15. The lowest BCUT2D eigenvalue weighted by atomic mass is 9.92. The first-order valence-electron chi connectivity index (χ1n) is 7.32. The van der Waals surface area contributed by atoms with Gasteiger partial charge in [0.1, 0.15) is 0 Å². The van der Waals surface area contributed by atoms with Crippen molar-refractivity contribution in [1.82, 2.24) is 4.90 Å². The number of benzene rings is 2. The quantitative estimate of drug-likeness (QED) is 0.920. The zero-order chi connectivity index (χ0) is 13.8. The van der Waals surface area contributed by atoms with Crippen LogP contribution in [0.3, 0.4) is 0 Å². The van der Waals surface area contributed by atoms with Gasteiger partial charge >= 0.3 is 0 Å². The van der Waals surface area contributed by atoms with Crippen LogP contribution in [0.5, 0.6) is 0 Å². The summed E-state index contributed by atoms with van der Waals surface area (Å²) in [7, 11) is 0. The summed E-state index contributed by atoms with van der Waals surface area (Å²) < 4.78 is 0. The molecule has 2 heteroatoms. The van der Waals surface area contributed by atoms with Gasteiger partial charge in [-0.2, -0.15) is 0 Å². The minimum Gasteiger partial charge on any atom is -0.396 e. The van der Waals surface area contributed by atoms with Crippen LogP contribution in [0.1, 0.15) is 23.1 Å². The van der Waals surface area contributed by atoms with Gasteiger partial charge in [0, 0.05) is 25.7 Å². The second-order valence-electron chi connectivity index (χ2n) is 5.53. The van der Waals surface area contributed by atoms with Crippen molar-refractivity contribution in [2.24, 2.45) is 0 Å². The number of fused-ring (bicyclic) bond motifs is 1. The minimum absolute atomic E-state index is 0.262. The Balaban J connectivity index is 1.81. The first-order valence-corrected chi connectivity index (χ1v) is 7.32. The van der Waals surface area contributed by atoms with E-state index in [0.29, 0.717) is 6.04 Å². The van der Waals surface area contributed by atoms with Crippen molar-refractivity contribution in [2.75, 3.05) is 6.61 Å². The highest BCUT2D eigenvalue weighted by atomic mass is 16.3. The fourth-order valence-electron chi connectivity index (χ4n) is 3.08. The van der Waals surface area contributed by atoms with Crippen LogP contribution in [0.2, 0.25) is 0 Å². The minimum atomic E-state index is 0.262. The van der Waals surface area contributed by atoms with Crippen LogP contribution >= 0.6 is 0 Å². The van der Waals surface area contributed by atoms with Crippen LogP contribution in [-0.2, 0) is 19.5 Å². The molecule has 1 N–H and O–H groups in total. The van der Waals surface area contributed by atoms with Gasteiger partial charge < -0.3 is 5.11 Å². The zero-order valence-electron chi connectivity index (χ0n) is 11.7. The Morgan fingerprint density at radius 1 is 0.950 bits per heavy atom. The van der Waals surface area contributed by atoms with Gasteiger partial charge in [-0.3, -0.25) is 4.90 Å². The third kappa shape index (κ3) is 2.92. The second kappa shape index (κ2) is 6.21. The van der Waals surface area contributed by atoms with Crippen molar-refractivity contribution in [2.45, 2.75) is 32.0 Å². The molecule has 0 radical (unpaired) electrons. The summed E-state index contributed by atoms with van der Waals surface area (Å²) in [6.45, 7) is 2.20. The topological polar surface area (TPSA) is 23.5 Å². The normalized spacial score (nSPS) is 18.8. The van der Waals surface area contributed by atoms with E-state index in [9.17, 15) is 5.11 Å². The van der Waals surface area contributed by atoms with E-state index in [0.717, 1.165) is 25.9 Å². The average molecular weight is 267 g/mol. The Labute approximate surface area is 120 Å². The van der Waals surface area contributed by atoms with Crippen molar-refractivity contribution in [3.8, 4) is 0 Å². The number of rotatable bonds is 4. The third-order valence-electron chi connectivity index (χ3n) is 4.15. The molecule has 2 aromatic carbocycles. The summed E-state index contributed by atoms with van der Waals surface area (Å²) in [5.74, 6) is 0. The highest BCUT2D eigenvalue weighted by Crippen LogP contribution is 2.26. The molecule has 0 bridgehead atoms. The van der Waals surface area contributed by atoms with Crippen molar-refractivity contribution >= 4 is 0 Å². The molecule has 20 heavy (non-hydrogen) atoms. The van der Waals surface area contributed by atoms with Crippen LogP contribution in [0.4, 0.5) is 0 Å². The molecular weight excluding hydrogens is 246 g/mol. The van der Waals surface area contributed by atoms with E-state index in [-0.39, 0.29) is 6.61 Å². The Bertz CT molecular complexity index is 552. The number of hydrogen-bond acceptors (Lipinski definition) is 2. The van der Waals surface area contributed by atoms with E-state index >= 15 is 0 Å². The summed E-state index contributed by atoms with van der Waals surface area (Å²) in [4.78, 5) is 2.49. The maximum atomic E-state index is 9.32. The summed E-state index contributed by atoms with van der Waals surface area (Å²) in [5.41, 5.74) is 4.21. The monoisotopic (exact) mass is 267 g/mol. The molecule has 1 atom stereocenters. The van der Waals surface area contributed by atoms with Gasteiger partial charge in [0.15, 0.2) is 0 Å². The molecule has 1 heterocycles. The van der Waals surface area contributed by atoms with Crippen LogP contribution in [0.15, 0.2) is 54.6 Å². The Morgan fingerprint density at radius 3 is 2.40 bits per heavy atom. The molecule has 0 spiro atoms. The molecule has 0 aromatic heterocycles. The Morgan fingerprint density at radius 2 is 1.65 bits per heavy atom. The molecule has 0 amide bonds. The van der Waals surface area contributed by atoms with Crippen molar-refractivity contribution in [3.63, 3.8) is 0 Å². The Kier molecular flexibility index (Phi) is 4.14. The van der Waals surface area contributed by atoms with Crippen LogP contribution in [0, 0.1) is 0 Å². The second-order valence-corrected chi connectivity index (χ2v) is 5.53. The van der Waals surface area contributed by atoms with Gasteiger partial charge in [-0.1, -0.05) is 54.6 Å². The standard InChI is InChI=1S/C18H21NO/c20-11-10-18-12-16-8-4-5-9-17(16)14-19(18)13-15-6-2-1-3-7-15/h1-9,18,20H,10-14H2. The zero-order valence-corrected chi connectivity index (χ0v) is 11.7. The van der Waals surface area contributed by atoms with E-state index in [1.165, 1.54) is 16.7 Å². The maximum absolute atomic E-state index is 9.32. The summed E-state index contributed by atoms with van der Waals surface area (Å²) in [6, 6.07) is 19.7. The number of hydrogen-bond donors (Lipinski definition) is 1. The molecular formula is C18H21NO. The fraction of sp³-hybridized carbons (Fsp3) is 0.333. The molecule has 3 rings (SSSR count). The van der Waals surface area contributed by atoms with Gasteiger partial charge in [-0.25, -0.2) is 0 Å². The van der Waals surface area contributed by atoms with Crippen LogP contribution < -0.4 is 0 Å². The molecule has 2 aromatic rings. The van der Waals surface area contributed by atoms with Crippen LogP contribution in [0.25, 0.3) is 0 Å². The molecule has 0 aliphatic carbocycles. The van der Waals surface area contributed by atoms with Crippen molar-refractivity contribution in [3.05, 3.63) is 71.3 Å². The van der Waals surface area contributed by atoms with E-state index in [1.54, 1.807) is 0 Å². The number of nitrogens with zero attached hydrogens (tertiary/aromatic N) is 1. The van der Waals surface area contributed by atoms with E-state index < -0.39 is 0 Å². The van der Waals surface area contributed by atoms with Crippen molar-refractivity contribution < 1.29 is 5.11 Å². The molecule has 1 aliphatic rings. The molecule has 0 saturated heterocycles. The molecule has 104 valence electrons. The fourth-order valence-corrected chi connectivity index (χ4v) is 3.08. The molecule has 0 fully saturated rings. The summed E-state index contributed by atoms with van der Waals surface area (Å²) in [5, 5.41) is 9.32. The van der Waals surface area contributed by atoms with Gasteiger partial charge in [-0.15, -0.1) is 0 Å². The van der Waals surface area contributed by atoms with E-state index in [4.69, 9.17) is 0 Å². The number of aliphatic hydroxyl groups is 1. The lowest BCUT2D eigenvalue weighted by molar-refractivity contribution is 0.130. The van der Waals surface area contributed by atoms with Gasteiger partial charge in [-0.05, 0) is 29.5 Å². The van der Waals surface area contributed by atoms with E-state index in [1.807, 2.05) is 0 Å². The SMILES string of the molecule is OCCC1Cc2ccccc2CN1Cc1ccccc1. The molecule has 2 nitrogen and oxygen atoms in total. The molecule has 1 aliphatic heterocycles. The van der Waals surface area contributed by atoms with Crippen molar-refractivity contribution in [1.29, 1.82) is 0 Å². The highest BCUT2D eigenvalue weighted by molar-refractivity contribution is 5.30. The summed E-state index contributed by atoms with van der Waals surface area (Å²) >= 11 is 0. The lowest BCUT2D eigenvalue weighted by Crippen LogP contribution is -2.40. The van der Waals surface area contributed by atoms with Crippen LogP contribution in [-0.4, -0.2) is 22.7 Å². The first-order chi connectivity index (χ1) is 9.86.